The van der Waals surface area contributed by atoms with Crippen LogP contribution in [0.5, 0.6) is 0 Å². The number of nitrogens with zero attached hydrogens (tertiary/aromatic N) is 3. The van der Waals surface area contributed by atoms with E-state index < -0.39 is 9.84 Å². The van der Waals surface area contributed by atoms with E-state index in [-0.39, 0.29) is 4.90 Å². The lowest BCUT2D eigenvalue weighted by Crippen LogP contribution is -2.07. The molecule has 0 saturated heterocycles. The molecule has 2 aromatic heterocycles. The molecule has 0 aliphatic carbocycles. The molecule has 0 atom stereocenters. The molecule has 0 aliphatic rings. The van der Waals surface area contributed by atoms with Gasteiger partial charge in [0.15, 0.2) is 15.7 Å². The highest BCUT2D eigenvalue weighted by molar-refractivity contribution is 7.90. The molecular weight excluding hydrogens is 214 g/mol. The molecule has 0 radical (unpaired) electrons. The maximum atomic E-state index is 11.5. The van der Waals surface area contributed by atoms with Gasteiger partial charge in [-0.2, -0.15) is 5.10 Å². The molecule has 2 heterocycles. The Kier molecular flexibility index (Phi) is 2.28. The Hall–Kier alpha value is -1.69. The van der Waals surface area contributed by atoms with Crippen LogP contribution >= 0.6 is 0 Å². The normalized spacial score (nSPS) is 11.5. The molecule has 0 amide bonds. The van der Waals surface area contributed by atoms with E-state index in [1.54, 1.807) is 24.5 Å². The summed E-state index contributed by atoms with van der Waals surface area (Å²) >= 11 is 0. The van der Waals surface area contributed by atoms with E-state index in [1.807, 2.05) is 0 Å². The molecule has 5 nitrogen and oxygen atoms in total. The second-order valence-corrected chi connectivity index (χ2v) is 5.03. The molecule has 0 saturated carbocycles. The zero-order valence-corrected chi connectivity index (χ0v) is 8.85. The minimum absolute atomic E-state index is 0.175. The Morgan fingerprint density at radius 1 is 1.27 bits per heavy atom. The van der Waals surface area contributed by atoms with Gasteiger partial charge in [-0.1, -0.05) is 0 Å². The number of pyridine rings is 1. The second-order valence-electron chi connectivity index (χ2n) is 3.05. The second kappa shape index (κ2) is 3.47. The predicted molar refractivity (Wildman–Crippen MR) is 54.5 cm³/mol. The van der Waals surface area contributed by atoms with Crippen LogP contribution in [0.4, 0.5) is 0 Å². The van der Waals surface area contributed by atoms with Crippen molar-refractivity contribution in [2.45, 2.75) is 4.90 Å². The fraction of sp³-hybridized carbons (Fsp3) is 0.111. The lowest BCUT2D eigenvalue weighted by atomic mass is 10.4. The van der Waals surface area contributed by atoms with Crippen molar-refractivity contribution >= 4 is 9.84 Å². The number of aromatic nitrogens is 3. The van der Waals surface area contributed by atoms with Crippen molar-refractivity contribution in [1.29, 1.82) is 0 Å². The standard InChI is InChI=1S/C9H9N3O2S/c1-15(13,14)8-4-2-5-10-9(8)12-7-3-6-11-12/h2-7H,1H3. The molecule has 0 unspecified atom stereocenters. The van der Waals surface area contributed by atoms with Crippen LogP contribution in [0.2, 0.25) is 0 Å². The lowest BCUT2D eigenvalue weighted by Gasteiger charge is -2.05. The van der Waals surface area contributed by atoms with Gasteiger partial charge in [-0.3, -0.25) is 0 Å². The topological polar surface area (TPSA) is 64.8 Å². The Labute approximate surface area is 87.3 Å². The van der Waals surface area contributed by atoms with E-state index in [1.165, 1.54) is 16.9 Å². The summed E-state index contributed by atoms with van der Waals surface area (Å²) in [7, 11) is -3.28. The molecule has 15 heavy (non-hydrogen) atoms. The highest BCUT2D eigenvalue weighted by Crippen LogP contribution is 2.15. The van der Waals surface area contributed by atoms with Crippen molar-refractivity contribution in [3.05, 3.63) is 36.8 Å². The highest BCUT2D eigenvalue weighted by atomic mass is 32.2. The highest BCUT2D eigenvalue weighted by Gasteiger charge is 2.15. The molecule has 78 valence electrons. The monoisotopic (exact) mass is 223 g/mol. The van der Waals surface area contributed by atoms with Gasteiger partial charge in [-0.05, 0) is 18.2 Å². The van der Waals surface area contributed by atoms with Crippen LogP contribution in [0.25, 0.3) is 5.82 Å². The summed E-state index contributed by atoms with van der Waals surface area (Å²) in [6, 6.07) is 4.81. The third-order valence-corrected chi connectivity index (χ3v) is 2.99. The molecule has 0 N–H and O–H groups in total. The van der Waals surface area contributed by atoms with E-state index in [9.17, 15) is 8.42 Å². The van der Waals surface area contributed by atoms with Gasteiger partial charge in [0.25, 0.3) is 0 Å². The third kappa shape index (κ3) is 1.89. The van der Waals surface area contributed by atoms with Crippen LogP contribution in [0.1, 0.15) is 0 Å². The maximum Gasteiger partial charge on any atom is 0.179 e. The van der Waals surface area contributed by atoms with Crippen molar-refractivity contribution < 1.29 is 8.42 Å². The maximum absolute atomic E-state index is 11.5. The first kappa shape index (κ1) is 9.85. The van der Waals surface area contributed by atoms with Crippen LogP contribution in [0, 0.1) is 0 Å². The SMILES string of the molecule is CS(=O)(=O)c1cccnc1-n1cccn1. The van der Waals surface area contributed by atoms with Gasteiger partial charge in [0, 0.05) is 24.8 Å². The van der Waals surface area contributed by atoms with Gasteiger partial charge < -0.3 is 0 Å². The molecule has 6 heteroatoms. The van der Waals surface area contributed by atoms with Gasteiger partial charge in [-0.25, -0.2) is 18.1 Å². The summed E-state index contributed by atoms with van der Waals surface area (Å²) in [6.07, 6.45) is 5.90. The summed E-state index contributed by atoms with van der Waals surface area (Å²) in [5.41, 5.74) is 0. The van der Waals surface area contributed by atoms with Crippen LogP contribution in [0.15, 0.2) is 41.7 Å². The van der Waals surface area contributed by atoms with E-state index in [2.05, 4.69) is 10.1 Å². The number of rotatable bonds is 2. The van der Waals surface area contributed by atoms with Crippen molar-refractivity contribution in [2.24, 2.45) is 0 Å². The zero-order chi connectivity index (χ0) is 10.9. The largest absolute Gasteiger partial charge is 0.236 e. The summed E-state index contributed by atoms with van der Waals surface area (Å²) < 4.78 is 24.4. The molecule has 2 aromatic rings. The van der Waals surface area contributed by atoms with Gasteiger partial charge >= 0.3 is 0 Å². The van der Waals surface area contributed by atoms with Crippen molar-refractivity contribution in [2.75, 3.05) is 6.26 Å². The van der Waals surface area contributed by atoms with Gasteiger partial charge in [-0.15, -0.1) is 0 Å². The number of hydrogen-bond donors (Lipinski definition) is 0. The molecule has 0 fully saturated rings. The first-order chi connectivity index (χ1) is 7.09. The van der Waals surface area contributed by atoms with Crippen LogP contribution < -0.4 is 0 Å². The number of sulfone groups is 1. The molecular formula is C9H9N3O2S. The molecule has 0 bridgehead atoms. The van der Waals surface area contributed by atoms with Crippen molar-refractivity contribution in [3.63, 3.8) is 0 Å². The van der Waals surface area contributed by atoms with Gasteiger partial charge in [0.1, 0.15) is 4.90 Å². The van der Waals surface area contributed by atoms with Crippen molar-refractivity contribution in [3.8, 4) is 5.82 Å². The quantitative estimate of drug-likeness (QED) is 0.750. The molecule has 0 aromatic carbocycles. The van der Waals surface area contributed by atoms with E-state index >= 15 is 0 Å². The van der Waals surface area contributed by atoms with Crippen LogP contribution in [-0.2, 0) is 9.84 Å². The Morgan fingerprint density at radius 2 is 2.07 bits per heavy atom. The fourth-order valence-corrected chi connectivity index (χ4v) is 2.04. The zero-order valence-electron chi connectivity index (χ0n) is 8.03. The Bertz CT molecular complexity index is 561. The van der Waals surface area contributed by atoms with E-state index in [0.29, 0.717) is 5.82 Å². The molecule has 2 rings (SSSR count). The Morgan fingerprint density at radius 3 is 2.67 bits per heavy atom. The third-order valence-electron chi connectivity index (χ3n) is 1.87. The summed E-state index contributed by atoms with van der Waals surface area (Å²) in [6.45, 7) is 0. The lowest BCUT2D eigenvalue weighted by molar-refractivity contribution is 0.600. The Balaban J connectivity index is 2.68. The summed E-state index contributed by atoms with van der Waals surface area (Å²) in [5, 5.41) is 3.95. The van der Waals surface area contributed by atoms with Crippen LogP contribution in [0.3, 0.4) is 0 Å². The molecule has 0 spiro atoms. The van der Waals surface area contributed by atoms with E-state index in [0.717, 1.165) is 6.26 Å². The summed E-state index contributed by atoms with van der Waals surface area (Å²) in [5.74, 6) is 0.324. The predicted octanol–water partition coefficient (Wildman–Crippen LogP) is 0.671. The average Bonchev–Trinajstić information content (AvgIpc) is 2.69. The van der Waals surface area contributed by atoms with Gasteiger partial charge in [0.05, 0.1) is 0 Å². The molecule has 0 aliphatic heterocycles. The fourth-order valence-electron chi connectivity index (χ4n) is 1.24. The van der Waals surface area contributed by atoms with Crippen LogP contribution in [-0.4, -0.2) is 29.4 Å². The number of hydrogen-bond acceptors (Lipinski definition) is 4. The smallest absolute Gasteiger partial charge is 0.179 e. The average molecular weight is 223 g/mol. The minimum atomic E-state index is -3.28. The van der Waals surface area contributed by atoms with Crippen molar-refractivity contribution in [1.82, 2.24) is 14.8 Å². The first-order valence-electron chi connectivity index (χ1n) is 4.24. The van der Waals surface area contributed by atoms with E-state index in [4.69, 9.17) is 0 Å². The van der Waals surface area contributed by atoms with Gasteiger partial charge in [0.2, 0.25) is 0 Å². The first-order valence-corrected chi connectivity index (χ1v) is 6.13. The summed E-state index contributed by atoms with van der Waals surface area (Å²) in [4.78, 5) is 4.18. The minimum Gasteiger partial charge on any atom is -0.236 e.